The summed E-state index contributed by atoms with van der Waals surface area (Å²) in [5.74, 6) is -0.704. The number of ether oxygens (including phenoxy) is 1. The first-order valence-corrected chi connectivity index (χ1v) is 9.10. The third-order valence-corrected chi connectivity index (χ3v) is 4.56. The maximum Gasteiger partial charge on any atom is 0.272 e. The number of hydrazine groups is 1. The van der Waals surface area contributed by atoms with Crippen molar-refractivity contribution in [2.24, 2.45) is 0 Å². The van der Waals surface area contributed by atoms with Crippen LogP contribution in [0.25, 0.3) is 0 Å². The van der Waals surface area contributed by atoms with E-state index in [-0.39, 0.29) is 18.9 Å². The predicted molar refractivity (Wildman–Crippen MR) is 105 cm³/mol. The summed E-state index contributed by atoms with van der Waals surface area (Å²) in [5, 5.41) is 0.566. The summed E-state index contributed by atoms with van der Waals surface area (Å²) in [4.78, 5) is 38.0. The molecule has 1 aliphatic rings. The molecule has 1 aliphatic heterocycles. The fourth-order valence-electron chi connectivity index (χ4n) is 2.94. The number of nitrogens with one attached hydrogen (secondary N) is 2. The molecule has 1 heterocycles. The van der Waals surface area contributed by atoms with Gasteiger partial charge >= 0.3 is 0 Å². The molecule has 0 spiro atoms. The van der Waals surface area contributed by atoms with Crippen LogP contribution in [0.1, 0.15) is 17.5 Å². The molecular formula is C20H20ClN3O4. The second-order valence-electron chi connectivity index (χ2n) is 6.55. The Morgan fingerprint density at radius 2 is 1.89 bits per heavy atom. The number of benzene rings is 2. The van der Waals surface area contributed by atoms with Crippen LogP contribution in [0.4, 0.5) is 5.69 Å². The van der Waals surface area contributed by atoms with Crippen LogP contribution in [0.5, 0.6) is 5.75 Å². The molecule has 1 atom stereocenters. The first-order chi connectivity index (χ1) is 13.3. The Hall–Kier alpha value is -2.90. The van der Waals surface area contributed by atoms with E-state index in [1.807, 2.05) is 26.0 Å². The van der Waals surface area contributed by atoms with Crippen molar-refractivity contribution in [1.29, 1.82) is 0 Å². The quantitative estimate of drug-likeness (QED) is 0.572. The zero-order chi connectivity index (χ0) is 20.3. The highest BCUT2D eigenvalue weighted by Gasteiger charge is 2.40. The van der Waals surface area contributed by atoms with Crippen molar-refractivity contribution in [2.45, 2.75) is 26.3 Å². The van der Waals surface area contributed by atoms with Gasteiger partial charge in [0.05, 0.1) is 12.1 Å². The number of hydrogen-bond acceptors (Lipinski definition) is 5. The van der Waals surface area contributed by atoms with Gasteiger partial charge in [-0.15, -0.1) is 0 Å². The van der Waals surface area contributed by atoms with Gasteiger partial charge in [-0.25, -0.2) is 10.3 Å². The molecule has 0 aromatic heterocycles. The Morgan fingerprint density at radius 3 is 2.57 bits per heavy atom. The van der Waals surface area contributed by atoms with E-state index in [4.69, 9.17) is 16.3 Å². The van der Waals surface area contributed by atoms with Gasteiger partial charge in [0.25, 0.3) is 11.8 Å². The van der Waals surface area contributed by atoms with Crippen LogP contribution in [0.2, 0.25) is 5.02 Å². The number of imide groups is 1. The van der Waals surface area contributed by atoms with Crippen LogP contribution in [0.3, 0.4) is 0 Å². The molecule has 2 aromatic carbocycles. The first-order valence-electron chi connectivity index (χ1n) is 8.72. The highest BCUT2D eigenvalue weighted by molar-refractivity contribution is 6.30. The maximum absolute atomic E-state index is 12.6. The SMILES string of the molecule is Cc1ccc(N2C(=O)C[C@@H](NNC(=O)COc3ccc(Cl)cc3)C2=O)c(C)c1. The number of carbonyl (C=O) groups is 3. The molecule has 146 valence electrons. The lowest BCUT2D eigenvalue weighted by atomic mass is 10.1. The second-order valence-corrected chi connectivity index (χ2v) is 6.99. The van der Waals surface area contributed by atoms with Crippen LogP contribution < -0.4 is 20.5 Å². The van der Waals surface area contributed by atoms with Gasteiger partial charge in [0.1, 0.15) is 11.8 Å². The van der Waals surface area contributed by atoms with E-state index in [1.54, 1.807) is 30.3 Å². The molecular weight excluding hydrogens is 382 g/mol. The summed E-state index contributed by atoms with van der Waals surface area (Å²) in [6.45, 7) is 3.54. The lowest BCUT2D eigenvalue weighted by Crippen LogP contribution is -2.49. The predicted octanol–water partition coefficient (Wildman–Crippen LogP) is 2.29. The van der Waals surface area contributed by atoms with Crippen molar-refractivity contribution in [1.82, 2.24) is 10.9 Å². The molecule has 7 nitrogen and oxygen atoms in total. The zero-order valence-corrected chi connectivity index (χ0v) is 16.2. The zero-order valence-electron chi connectivity index (χ0n) is 15.5. The summed E-state index contributed by atoms with van der Waals surface area (Å²) in [6.07, 6.45) is -0.0372. The Kier molecular flexibility index (Phi) is 5.96. The average molecular weight is 402 g/mol. The Labute approximate surface area is 167 Å². The fraction of sp³-hybridized carbons (Fsp3) is 0.250. The van der Waals surface area contributed by atoms with E-state index in [2.05, 4.69) is 10.9 Å². The number of rotatable bonds is 6. The van der Waals surface area contributed by atoms with E-state index in [0.717, 1.165) is 16.0 Å². The molecule has 3 rings (SSSR count). The summed E-state index contributed by atoms with van der Waals surface area (Å²) >= 11 is 5.79. The van der Waals surface area contributed by atoms with Crippen molar-refractivity contribution >= 4 is 35.0 Å². The highest BCUT2D eigenvalue weighted by atomic mass is 35.5. The largest absolute Gasteiger partial charge is 0.484 e. The molecule has 0 aliphatic carbocycles. The van der Waals surface area contributed by atoms with Gasteiger partial charge in [0.2, 0.25) is 5.91 Å². The number of hydrogen-bond donors (Lipinski definition) is 2. The lowest BCUT2D eigenvalue weighted by molar-refractivity contribution is -0.125. The molecule has 0 unspecified atom stereocenters. The normalized spacial score (nSPS) is 16.4. The minimum absolute atomic E-state index is 0.0372. The molecule has 0 radical (unpaired) electrons. The van der Waals surface area contributed by atoms with Crippen molar-refractivity contribution < 1.29 is 19.1 Å². The number of amides is 3. The van der Waals surface area contributed by atoms with E-state index in [0.29, 0.717) is 16.5 Å². The number of aryl methyl sites for hydroxylation is 2. The van der Waals surface area contributed by atoms with Crippen molar-refractivity contribution in [3.63, 3.8) is 0 Å². The summed E-state index contributed by atoms with van der Waals surface area (Å²) in [6, 6.07) is 11.3. The fourth-order valence-corrected chi connectivity index (χ4v) is 3.06. The van der Waals surface area contributed by atoms with Crippen molar-refractivity contribution in [3.05, 3.63) is 58.6 Å². The summed E-state index contributed by atoms with van der Waals surface area (Å²) < 4.78 is 5.33. The lowest BCUT2D eigenvalue weighted by Gasteiger charge is -2.18. The molecule has 2 N–H and O–H groups in total. The molecule has 28 heavy (non-hydrogen) atoms. The molecule has 3 amide bonds. The maximum atomic E-state index is 12.6. The minimum atomic E-state index is -0.826. The molecule has 0 saturated carbocycles. The highest BCUT2D eigenvalue weighted by Crippen LogP contribution is 2.26. The van der Waals surface area contributed by atoms with Gasteiger partial charge in [-0.05, 0) is 49.7 Å². The van der Waals surface area contributed by atoms with Crippen molar-refractivity contribution in [3.8, 4) is 5.75 Å². The Bertz CT molecular complexity index is 914. The smallest absolute Gasteiger partial charge is 0.272 e. The Morgan fingerprint density at radius 1 is 1.18 bits per heavy atom. The topological polar surface area (TPSA) is 87.7 Å². The summed E-state index contributed by atoms with van der Waals surface area (Å²) in [5.41, 5.74) is 7.48. The van der Waals surface area contributed by atoms with Gasteiger partial charge in [0.15, 0.2) is 6.61 Å². The minimum Gasteiger partial charge on any atom is -0.484 e. The van der Waals surface area contributed by atoms with Gasteiger partial charge in [-0.3, -0.25) is 19.8 Å². The number of nitrogens with zero attached hydrogens (tertiary/aromatic N) is 1. The molecule has 8 heteroatoms. The van der Waals surface area contributed by atoms with Gasteiger partial charge < -0.3 is 4.74 Å². The van der Waals surface area contributed by atoms with E-state index in [9.17, 15) is 14.4 Å². The van der Waals surface area contributed by atoms with Gasteiger partial charge in [-0.1, -0.05) is 29.3 Å². The molecule has 2 aromatic rings. The van der Waals surface area contributed by atoms with Crippen LogP contribution in [-0.2, 0) is 14.4 Å². The Balaban J connectivity index is 1.55. The third-order valence-electron chi connectivity index (χ3n) is 4.31. The standard InChI is InChI=1S/C20H20ClN3O4/c1-12-3-8-17(13(2)9-12)24-19(26)10-16(20(24)27)22-23-18(25)11-28-15-6-4-14(21)5-7-15/h3-9,16,22H,10-11H2,1-2H3,(H,23,25)/t16-/m1/s1. The van der Waals surface area contributed by atoms with Crippen LogP contribution in [0.15, 0.2) is 42.5 Å². The van der Waals surface area contributed by atoms with Gasteiger partial charge in [0, 0.05) is 5.02 Å². The third kappa shape index (κ3) is 4.49. The molecule has 1 fully saturated rings. The molecule has 1 saturated heterocycles. The van der Waals surface area contributed by atoms with Gasteiger partial charge in [-0.2, -0.15) is 0 Å². The van der Waals surface area contributed by atoms with E-state index >= 15 is 0 Å². The van der Waals surface area contributed by atoms with E-state index in [1.165, 1.54) is 0 Å². The molecule has 0 bridgehead atoms. The van der Waals surface area contributed by atoms with Crippen LogP contribution in [0, 0.1) is 13.8 Å². The monoisotopic (exact) mass is 401 g/mol. The number of anilines is 1. The number of halogens is 1. The summed E-state index contributed by atoms with van der Waals surface area (Å²) in [7, 11) is 0. The van der Waals surface area contributed by atoms with Crippen LogP contribution in [-0.4, -0.2) is 30.4 Å². The second kappa shape index (κ2) is 8.41. The van der Waals surface area contributed by atoms with Crippen molar-refractivity contribution in [2.75, 3.05) is 11.5 Å². The van der Waals surface area contributed by atoms with Crippen LogP contribution >= 0.6 is 11.6 Å². The number of carbonyl (C=O) groups excluding carboxylic acids is 3. The average Bonchev–Trinajstić information content (AvgIpc) is 2.93. The first kappa shape index (κ1) is 19.9. The van der Waals surface area contributed by atoms with E-state index < -0.39 is 17.9 Å².